The smallest absolute Gasteiger partial charge is 0.326 e. The first-order chi connectivity index (χ1) is 17.3. The highest BCUT2D eigenvalue weighted by Crippen LogP contribution is 2.31. The van der Waals surface area contributed by atoms with Crippen LogP contribution in [0, 0.1) is 23.4 Å². The number of hydrogen-bond donors (Lipinski definition) is 1. The summed E-state index contributed by atoms with van der Waals surface area (Å²) in [6.45, 7) is 2.00. The summed E-state index contributed by atoms with van der Waals surface area (Å²) in [6, 6.07) is 6.05. The Balaban J connectivity index is 1.57. The van der Waals surface area contributed by atoms with E-state index in [1.165, 1.54) is 28.0 Å². The molecule has 1 fully saturated rings. The van der Waals surface area contributed by atoms with Crippen molar-refractivity contribution in [3.63, 3.8) is 0 Å². The molecule has 3 aromatic heterocycles. The van der Waals surface area contributed by atoms with Crippen LogP contribution in [0.1, 0.15) is 25.3 Å². The van der Waals surface area contributed by atoms with Crippen molar-refractivity contribution in [1.29, 1.82) is 0 Å². The number of rotatable bonds is 6. The Morgan fingerprint density at radius 2 is 2.03 bits per heavy atom. The zero-order chi connectivity index (χ0) is 25.4. The summed E-state index contributed by atoms with van der Waals surface area (Å²) in [4.78, 5) is 21.7. The van der Waals surface area contributed by atoms with E-state index in [1.807, 2.05) is 6.92 Å². The van der Waals surface area contributed by atoms with Gasteiger partial charge in [0.15, 0.2) is 29.1 Å². The average Bonchev–Trinajstić information content (AvgIpc) is 3.52. The lowest BCUT2D eigenvalue weighted by molar-refractivity contribution is -0.140. The maximum atomic E-state index is 14.8. The number of halogens is 3. The molecule has 0 bridgehead atoms. The van der Waals surface area contributed by atoms with Gasteiger partial charge in [0.2, 0.25) is 0 Å². The minimum Gasteiger partial charge on any atom is -0.480 e. The van der Waals surface area contributed by atoms with E-state index in [2.05, 4.69) is 20.2 Å². The zero-order valence-electron chi connectivity index (χ0n) is 19.1. The molecule has 0 saturated carbocycles. The van der Waals surface area contributed by atoms with Gasteiger partial charge < -0.3 is 14.5 Å². The molecule has 4 heterocycles. The minimum atomic E-state index is -1.06. The SMILES string of the molecule is C[C@H]1CCCN(c2nc(-c3cc(-c4ccon4)n(Cc4cccc(F)c4F)n3)ncc2F)[C@H]1C(=O)O. The van der Waals surface area contributed by atoms with Crippen LogP contribution in [-0.2, 0) is 11.3 Å². The van der Waals surface area contributed by atoms with E-state index >= 15 is 0 Å². The Morgan fingerprint density at radius 3 is 2.78 bits per heavy atom. The van der Waals surface area contributed by atoms with E-state index in [0.29, 0.717) is 30.8 Å². The molecular formula is C24H21F3N6O3. The molecule has 2 atom stereocenters. The van der Waals surface area contributed by atoms with Gasteiger partial charge in [-0.25, -0.2) is 27.9 Å². The van der Waals surface area contributed by atoms with E-state index in [0.717, 1.165) is 12.3 Å². The number of carbonyl (C=O) groups is 1. The number of piperidine rings is 1. The second kappa shape index (κ2) is 9.44. The molecule has 1 aliphatic heterocycles. The van der Waals surface area contributed by atoms with Crippen molar-refractivity contribution in [2.75, 3.05) is 11.4 Å². The van der Waals surface area contributed by atoms with Crippen molar-refractivity contribution in [2.24, 2.45) is 5.92 Å². The summed E-state index contributed by atoms with van der Waals surface area (Å²) in [5, 5.41) is 18.1. The van der Waals surface area contributed by atoms with Crippen molar-refractivity contribution < 1.29 is 27.6 Å². The quantitative estimate of drug-likeness (QED) is 0.422. The van der Waals surface area contributed by atoms with Crippen LogP contribution in [0.15, 0.2) is 47.3 Å². The number of anilines is 1. The second-order valence-corrected chi connectivity index (χ2v) is 8.63. The normalized spacial score (nSPS) is 17.9. The van der Waals surface area contributed by atoms with Crippen LogP contribution in [0.3, 0.4) is 0 Å². The summed E-state index contributed by atoms with van der Waals surface area (Å²) >= 11 is 0. The van der Waals surface area contributed by atoms with Crippen molar-refractivity contribution >= 4 is 11.8 Å². The van der Waals surface area contributed by atoms with Crippen molar-refractivity contribution in [1.82, 2.24) is 24.9 Å². The van der Waals surface area contributed by atoms with Gasteiger partial charge in [0, 0.05) is 18.2 Å². The summed E-state index contributed by atoms with van der Waals surface area (Å²) in [6.07, 6.45) is 3.71. The molecule has 1 aliphatic rings. The largest absolute Gasteiger partial charge is 0.480 e. The molecular weight excluding hydrogens is 477 g/mol. The summed E-state index contributed by atoms with van der Waals surface area (Å²) in [5.74, 6) is -4.09. The fourth-order valence-corrected chi connectivity index (χ4v) is 4.51. The van der Waals surface area contributed by atoms with Gasteiger partial charge in [-0.2, -0.15) is 5.10 Å². The number of aromatic nitrogens is 5. The summed E-state index contributed by atoms with van der Waals surface area (Å²) < 4.78 is 49.3. The van der Waals surface area contributed by atoms with E-state index in [-0.39, 0.29) is 35.4 Å². The van der Waals surface area contributed by atoms with E-state index in [9.17, 15) is 23.1 Å². The van der Waals surface area contributed by atoms with Gasteiger partial charge in [-0.15, -0.1) is 0 Å². The van der Waals surface area contributed by atoms with Gasteiger partial charge in [0.25, 0.3) is 0 Å². The highest BCUT2D eigenvalue weighted by Gasteiger charge is 2.36. The van der Waals surface area contributed by atoms with Gasteiger partial charge in [0.05, 0.1) is 18.4 Å². The van der Waals surface area contributed by atoms with Gasteiger partial charge in [-0.1, -0.05) is 24.2 Å². The molecule has 186 valence electrons. The lowest BCUT2D eigenvalue weighted by Crippen LogP contribution is -2.50. The van der Waals surface area contributed by atoms with Gasteiger partial charge in [0.1, 0.15) is 23.7 Å². The molecule has 0 radical (unpaired) electrons. The van der Waals surface area contributed by atoms with Gasteiger partial charge >= 0.3 is 5.97 Å². The first-order valence-corrected chi connectivity index (χ1v) is 11.3. The van der Waals surface area contributed by atoms with Gasteiger partial charge in [-0.05, 0) is 30.9 Å². The number of hydrogen-bond acceptors (Lipinski definition) is 7. The molecule has 5 rings (SSSR count). The number of nitrogens with zero attached hydrogens (tertiary/aromatic N) is 6. The molecule has 12 heteroatoms. The fraction of sp³-hybridized carbons (Fsp3) is 0.292. The Kier molecular flexibility index (Phi) is 6.17. The molecule has 4 aromatic rings. The molecule has 9 nitrogen and oxygen atoms in total. The molecule has 0 amide bonds. The van der Waals surface area contributed by atoms with Crippen molar-refractivity contribution in [3.8, 4) is 22.9 Å². The van der Waals surface area contributed by atoms with Gasteiger partial charge in [-0.3, -0.25) is 4.68 Å². The fourth-order valence-electron chi connectivity index (χ4n) is 4.51. The molecule has 36 heavy (non-hydrogen) atoms. The Morgan fingerprint density at radius 1 is 1.19 bits per heavy atom. The van der Waals surface area contributed by atoms with E-state index in [1.54, 1.807) is 12.1 Å². The lowest BCUT2D eigenvalue weighted by atomic mass is 9.91. The topological polar surface area (TPSA) is 110 Å². The maximum Gasteiger partial charge on any atom is 0.326 e. The molecule has 0 unspecified atom stereocenters. The molecule has 0 aliphatic carbocycles. The van der Waals surface area contributed by atoms with Crippen molar-refractivity contribution in [2.45, 2.75) is 32.4 Å². The maximum absolute atomic E-state index is 14.8. The van der Waals surface area contributed by atoms with Crippen LogP contribution in [0.25, 0.3) is 22.9 Å². The van der Waals surface area contributed by atoms with Crippen LogP contribution in [-0.4, -0.2) is 48.6 Å². The highest BCUT2D eigenvalue weighted by molar-refractivity contribution is 5.78. The highest BCUT2D eigenvalue weighted by atomic mass is 19.2. The number of carboxylic acids is 1. The van der Waals surface area contributed by atoms with Crippen molar-refractivity contribution in [3.05, 3.63) is 65.8 Å². The molecule has 1 saturated heterocycles. The number of benzene rings is 1. The molecule has 1 aromatic carbocycles. The van der Waals surface area contributed by atoms with Crippen LogP contribution in [0.2, 0.25) is 0 Å². The summed E-state index contributed by atoms with van der Waals surface area (Å²) in [5.41, 5.74) is 1.06. The van der Waals surface area contributed by atoms with Crippen LogP contribution < -0.4 is 4.90 Å². The monoisotopic (exact) mass is 498 g/mol. The number of aliphatic carboxylic acids is 1. The van der Waals surface area contributed by atoms with E-state index in [4.69, 9.17) is 4.52 Å². The minimum absolute atomic E-state index is 0.0389. The molecule has 1 N–H and O–H groups in total. The first-order valence-electron chi connectivity index (χ1n) is 11.3. The van der Waals surface area contributed by atoms with Crippen LogP contribution in [0.4, 0.5) is 19.0 Å². The van der Waals surface area contributed by atoms with Crippen LogP contribution >= 0.6 is 0 Å². The predicted octanol–water partition coefficient (Wildman–Crippen LogP) is 4.15. The Bertz CT molecular complexity index is 1410. The number of carboxylic acid groups (broad SMARTS) is 1. The third-order valence-electron chi connectivity index (χ3n) is 6.24. The molecule has 0 spiro atoms. The first kappa shape index (κ1) is 23.5. The summed E-state index contributed by atoms with van der Waals surface area (Å²) in [7, 11) is 0. The Hall–Kier alpha value is -4.22. The van der Waals surface area contributed by atoms with Crippen LogP contribution in [0.5, 0.6) is 0 Å². The predicted molar refractivity (Wildman–Crippen MR) is 121 cm³/mol. The third kappa shape index (κ3) is 4.30. The average molecular weight is 498 g/mol. The zero-order valence-corrected chi connectivity index (χ0v) is 19.1. The lowest BCUT2D eigenvalue weighted by Gasteiger charge is -2.38. The third-order valence-corrected chi connectivity index (χ3v) is 6.24. The second-order valence-electron chi connectivity index (χ2n) is 8.63. The van der Waals surface area contributed by atoms with E-state index < -0.39 is 29.5 Å². The Labute approximate surface area is 203 Å². The standard InChI is InChI=1S/C24H21F3N6O3/c1-13-4-3-8-32(21(13)24(34)35)23-16(26)11-28-22(29-23)18-10-19(17-7-9-36-31-17)33(30-18)12-14-5-2-6-15(25)20(14)27/h2,5-7,9-11,13,21H,3-4,8,12H2,1H3,(H,34,35)/t13-,21+/m0/s1.